The van der Waals surface area contributed by atoms with E-state index < -0.39 is 68.6 Å². The van der Waals surface area contributed by atoms with E-state index in [1.54, 1.807) is 20.8 Å². The standard InChI is InChI=1S/C32H46BrF2N3O6S/c1-31(2,3)44-30(40)36-23-17-24-13-14-25(18-23)38(24)29(39)28(32(34,35)21-9-11-22(33)12-10-21)37-45(41,42)27-16-15-26(27)43-19-20-7-5-4-6-8-20/h9-12,20,23-28,37H,4-8,13-19H2,1-3H3,(H,36,40)/t23?,24?,25?,26?,27-,28?/m0/s1. The number of carbonyl (C=O) groups is 2. The molecule has 2 aliphatic carbocycles. The van der Waals surface area contributed by atoms with Crippen molar-refractivity contribution in [1.29, 1.82) is 0 Å². The highest BCUT2D eigenvalue weighted by molar-refractivity contribution is 9.10. The number of amides is 2. The maximum absolute atomic E-state index is 16.3. The molecular weight excluding hydrogens is 672 g/mol. The van der Waals surface area contributed by atoms with Crippen molar-refractivity contribution in [3.8, 4) is 0 Å². The molecule has 4 aliphatic rings. The van der Waals surface area contributed by atoms with Crippen LogP contribution in [0.4, 0.5) is 13.6 Å². The van der Waals surface area contributed by atoms with Gasteiger partial charge < -0.3 is 19.7 Å². The highest BCUT2D eigenvalue weighted by Gasteiger charge is 2.55. The molecule has 252 valence electrons. The summed E-state index contributed by atoms with van der Waals surface area (Å²) in [6, 6.07) is 1.82. The second-order valence-corrected chi connectivity index (χ2v) is 17.0. The zero-order chi connectivity index (χ0) is 32.6. The van der Waals surface area contributed by atoms with Crippen molar-refractivity contribution < 1.29 is 36.3 Å². The van der Waals surface area contributed by atoms with Crippen molar-refractivity contribution in [2.24, 2.45) is 5.92 Å². The first-order valence-corrected chi connectivity index (χ1v) is 18.6. The number of nitrogens with zero attached hydrogens (tertiary/aromatic N) is 1. The van der Waals surface area contributed by atoms with Crippen molar-refractivity contribution in [1.82, 2.24) is 14.9 Å². The molecule has 9 nitrogen and oxygen atoms in total. The summed E-state index contributed by atoms with van der Waals surface area (Å²) in [4.78, 5) is 28.0. The number of halogens is 3. The third-order valence-electron chi connectivity index (χ3n) is 9.65. The van der Waals surface area contributed by atoms with Gasteiger partial charge in [0.2, 0.25) is 15.9 Å². The van der Waals surface area contributed by atoms with Crippen LogP contribution < -0.4 is 10.0 Å². The van der Waals surface area contributed by atoms with Crippen LogP contribution in [0.2, 0.25) is 0 Å². The lowest BCUT2D eigenvalue weighted by molar-refractivity contribution is -0.149. The Morgan fingerprint density at radius 3 is 2.16 bits per heavy atom. The Balaban J connectivity index is 1.33. The fourth-order valence-electron chi connectivity index (χ4n) is 7.25. The number of hydrogen-bond donors (Lipinski definition) is 2. The molecule has 0 radical (unpaired) electrons. The summed E-state index contributed by atoms with van der Waals surface area (Å²) in [6.07, 6.45) is 7.09. The third kappa shape index (κ3) is 8.19. The molecule has 4 unspecified atom stereocenters. The highest BCUT2D eigenvalue weighted by atomic mass is 79.9. The van der Waals surface area contributed by atoms with E-state index in [9.17, 15) is 18.0 Å². The number of piperidine rings is 1. The summed E-state index contributed by atoms with van der Waals surface area (Å²) in [7, 11) is -4.35. The Kier molecular flexibility index (Phi) is 10.5. The smallest absolute Gasteiger partial charge is 0.407 e. The lowest BCUT2D eigenvalue weighted by Gasteiger charge is -2.43. The largest absolute Gasteiger partial charge is 0.444 e. The highest BCUT2D eigenvalue weighted by Crippen LogP contribution is 2.41. The molecular formula is C32H46BrF2N3O6S. The summed E-state index contributed by atoms with van der Waals surface area (Å²) < 4.78 is 74.3. The van der Waals surface area contributed by atoms with Crippen LogP contribution >= 0.6 is 15.9 Å². The average molecular weight is 719 g/mol. The molecule has 0 spiro atoms. The van der Waals surface area contributed by atoms with E-state index in [1.165, 1.54) is 35.6 Å². The Morgan fingerprint density at radius 2 is 1.60 bits per heavy atom. The number of nitrogens with one attached hydrogen (secondary N) is 2. The van der Waals surface area contributed by atoms with Crippen molar-refractivity contribution >= 4 is 38.0 Å². The van der Waals surface area contributed by atoms with Crippen LogP contribution in [0.3, 0.4) is 0 Å². The monoisotopic (exact) mass is 717 g/mol. The number of sulfonamides is 1. The predicted molar refractivity (Wildman–Crippen MR) is 169 cm³/mol. The normalized spacial score (nSPS) is 28.3. The second-order valence-electron chi connectivity index (χ2n) is 14.2. The van der Waals surface area contributed by atoms with E-state index in [4.69, 9.17) is 9.47 Å². The molecule has 2 bridgehead atoms. The van der Waals surface area contributed by atoms with E-state index in [1.807, 2.05) is 0 Å². The Morgan fingerprint density at radius 1 is 0.978 bits per heavy atom. The van der Waals surface area contributed by atoms with Crippen LogP contribution in [0.15, 0.2) is 28.7 Å². The Bertz CT molecular complexity index is 1300. The van der Waals surface area contributed by atoms with E-state index in [-0.39, 0.29) is 12.5 Å². The number of alkyl halides is 2. The summed E-state index contributed by atoms with van der Waals surface area (Å²) in [5.41, 5.74) is -1.14. The minimum atomic E-state index is -4.35. The molecule has 4 fully saturated rings. The summed E-state index contributed by atoms with van der Waals surface area (Å²) >= 11 is 3.25. The summed E-state index contributed by atoms with van der Waals surface area (Å²) in [6.45, 7) is 5.75. The van der Waals surface area contributed by atoms with Crippen LogP contribution in [-0.2, 0) is 30.2 Å². The van der Waals surface area contributed by atoms with Crippen LogP contribution in [-0.4, -0.2) is 73.0 Å². The van der Waals surface area contributed by atoms with E-state index in [0.717, 1.165) is 25.7 Å². The van der Waals surface area contributed by atoms with Crippen molar-refractivity contribution in [2.45, 2.75) is 138 Å². The SMILES string of the molecule is CC(C)(C)OC(=O)NC1CC2CCC(C1)N2C(=O)C(NS(=O)(=O)[C@H]1CCC1OCC1CCCCC1)C(F)(F)c1ccc(Br)cc1. The van der Waals surface area contributed by atoms with Crippen molar-refractivity contribution in [3.63, 3.8) is 0 Å². The maximum atomic E-state index is 16.3. The number of benzene rings is 1. The van der Waals surface area contributed by atoms with Gasteiger partial charge in [-0.3, -0.25) is 4.79 Å². The van der Waals surface area contributed by atoms with Crippen LogP contribution in [0.5, 0.6) is 0 Å². The number of fused-ring (bicyclic) bond motifs is 2. The molecule has 1 aromatic rings. The molecule has 5 atom stereocenters. The molecule has 5 rings (SSSR count). The lowest BCUT2D eigenvalue weighted by Crippen LogP contribution is -2.63. The average Bonchev–Trinajstić information content (AvgIpc) is 3.20. The fourth-order valence-corrected chi connectivity index (χ4v) is 9.32. The zero-order valence-electron chi connectivity index (χ0n) is 26.3. The molecule has 2 saturated heterocycles. The number of hydrogen-bond acceptors (Lipinski definition) is 6. The van der Waals surface area contributed by atoms with Gasteiger partial charge in [0, 0.05) is 34.8 Å². The Labute approximate surface area is 273 Å². The van der Waals surface area contributed by atoms with Gasteiger partial charge in [0.1, 0.15) is 10.9 Å². The molecule has 2 N–H and O–H groups in total. The van der Waals surface area contributed by atoms with Gasteiger partial charge in [0.15, 0.2) is 6.04 Å². The summed E-state index contributed by atoms with van der Waals surface area (Å²) in [5.74, 6) is -4.40. The quantitative estimate of drug-likeness (QED) is 0.307. The Hall–Kier alpha value is -1.83. The molecule has 2 aliphatic heterocycles. The molecule has 2 amide bonds. The third-order valence-corrected chi connectivity index (χ3v) is 12.1. The van der Waals surface area contributed by atoms with Crippen LogP contribution in [0.25, 0.3) is 0 Å². The van der Waals surface area contributed by atoms with Crippen molar-refractivity contribution in [3.05, 3.63) is 34.3 Å². The fraction of sp³-hybridized carbons (Fsp3) is 0.750. The van der Waals surface area contributed by atoms with Gasteiger partial charge in [-0.1, -0.05) is 47.3 Å². The van der Waals surface area contributed by atoms with E-state index in [2.05, 4.69) is 26.0 Å². The van der Waals surface area contributed by atoms with Crippen LogP contribution in [0.1, 0.15) is 97.0 Å². The number of alkyl carbamates (subject to hydrolysis) is 1. The number of ether oxygens (including phenoxy) is 2. The molecule has 13 heteroatoms. The molecule has 45 heavy (non-hydrogen) atoms. The minimum Gasteiger partial charge on any atom is -0.444 e. The zero-order valence-corrected chi connectivity index (χ0v) is 28.7. The number of carbonyl (C=O) groups excluding carboxylic acids is 2. The van der Waals surface area contributed by atoms with Gasteiger partial charge in [0.05, 0.1) is 6.10 Å². The van der Waals surface area contributed by atoms with Gasteiger partial charge in [-0.05, 0) is 90.2 Å². The lowest BCUT2D eigenvalue weighted by atomic mass is 9.89. The topological polar surface area (TPSA) is 114 Å². The van der Waals surface area contributed by atoms with Crippen molar-refractivity contribution in [2.75, 3.05) is 6.61 Å². The van der Waals surface area contributed by atoms with E-state index >= 15 is 8.78 Å². The van der Waals surface area contributed by atoms with Crippen LogP contribution in [0, 0.1) is 5.92 Å². The maximum Gasteiger partial charge on any atom is 0.407 e. The van der Waals surface area contributed by atoms with E-state index in [0.29, 0.717) is 49.1 Å². The molecule has 1 aromatic carbocycles. The van der Waals surface area contributed by atoms with Gasteiger partial charge >= 0.3 is 6.09 Å². The van der Waals surface area contributed by atoms with Gasteiger partial charge in [-0.25, -0.2) is 13.2 Å². The first kappa shape index (κ1) is 34.5. The minimum absolute atomic E-state index is 0.280. The predicted octanol–water partition coefficient (Wildman–Crippen LogP) is 6.00. The molecule has 0 aromatic heterocycles. The molecule has 2 saturated carbocycles. The summed E-state index contributed by atoms with van der Waals surface area (Å²) in [5, 5.41) is 1.86. The first-order chi connectivity index (χ1) is 21.1. The van der Waals surface area contributed by atoms with Gasteiger partial charge in [-0.2, -0.15) is 13.5 Å². The van der Waals surface area contributed by atoms with Gasteiger partial charge in [-0.15, -0.1) is 0 Å². The molecule has 2 heterocycles. The second kappa shape index (κ2) is 13.7. The van der Waals surface area contributed by atoms with Gasteiger partial charge in [0.25, 0.3) is 5.92 Å². The first-order valence-electron chi connectivity index (χ1n) is 16.2. The number of rotatable bonds is 10.